The highest BCUT2D eigenvalue weighted by Crippen LogP contribution is 2.35. The third-order valence-electron chi connectivity index (χ3n) is 5.52. The number of rotatable bonds is 6. The molecule has 2 N–H and O–H groups in total. The molecule has 1 heterocycles. The molecule has 0 bridgehead atoms. The number of aromatic amines is 1. The highest BCUT2D eigenvalue weighted by molar-refractivity contribution is 5.89. The molecule has 4 heteroatoms. The topological polar surface area (TPSA) is 54.1 Å². The van der Waals surface area contributed by atoms with E-state index in [0.717, 1.165) is 22.9 Å². The van der Waals surface area contributed by atoms with Crippen LogP contribution in [0.2, 0.25) is 0 Å². The van der Waals surface area contributed by atoms with Gasteiger partial charge in [-0.1, -0.05) is 45.4 Å². The first-order valence-electron chi connectivity index (χ1n) is 9.68. The standard InChI is InChI=1S/C22H30N2O2/c1-15(2)18-9-8-16(3)12-21(18)26-14-22(25)23-11-10-17-13-24-20-7-5-4-6-19(17)20/h4-7,10-11,13,15-16,18,21,24H,8-9,12,14H2,1-3H3,(H,23,25). The second kappa shape index (κ2) is 8.54. The quantitative estimate of drug-likeness (QED) is 0.788. The van der Waals surface area contributed by atoms with Gasteiger partial charge in [-0.15, -0.1) is 0 Å². The molecule has 0 aliphatic heterocycles. The van der Waals surface area contributed by atoms with Gasteiger partial charge in [0.25, 0.3) is 0 Å². The third-order valence-corrected chi connectivity index (χ3v) is 5.52. The van der Waals surface area contributed by atoms with Crippen molar-refractivity contribution in [2.75, 3.05) is 6.61 Å². The molecule has 1 saturated carbocycles. The van der Waals surface area contributed by atoms with Gasteiger partial charge in [0.1, 0.15) is 6.61 Å². The van der Waals surface area contributed by atoms with E-state index >= 15 is 0 Å². The van der Waals surface area contributed by atoms with Crippen LogP contribution in [0.25, 0.3) is 17.0 Å². The van der Waals surface area contributed by atoms with Crippen LogP contribution in [0.4, 0.5) is 0 Å². The van der Waals surface area contributed by atoms with Gasteiger partial charge in [-0.2, -0.15) is 0 Å². The van der Waals surface area contributed by atoms with E-state index in [1.807, 2.05) is 30.5 Å². The summed E-state index contributed by atoms with van der Waals surface area (Å²) in [6.45, 7) is 6.90. The van der Waals surface area contributed by atoms with Gasteiger partial charge in [0.2, 0.25) is 5.91 Å². The van der Waals surface area contributed by atoms with Gasteiger partial charge in [0, 0.05) is 28.9 Å². The average Bonchev–Trinajstić information content (AvgIpc) is 3.03. The SMILES string of the molecule is CC1CCC(C(C)C)C(OCC(=O)NC=Cc2c[nH]c3ccccc23)C1. The van der Waals surface area contributed by atoms with Crippen molar-refractivity contribution in [1.29, 1.82) is 0 Å². The lowest BCUT2D eigenvalue weighted by atomic mass is 9.75. The van der Waals surface area contributed by atoms with Gasteiger partial charge in [-0.05, 0) is 42.7 Å². The smallest absolute Gasteiger partial charge is 0.249 e. The number of ether oxygens (including phenoxy) is 1. The van der Waals surface area contributed by atoms with Crippen molar-refractivity contribution in [2.24, 2.45) is 17.8 Å². The Hall–Kier alpha value is -2.07. The molecule has 26 heavy (non-hydrogen) atoms. The summed E-state index contributed by atoms with van der Waals surface area (Å²) in [6, 6.07) is 8.11. The van der Waals surface area contributed by atoms with Crippen LogP contribution in [0.15, 0.2) is 36.7 Å². The molecule has 1 aliphatic rings. The molecule has 0 radical (unpaired) electrons. The van der Waals surface area contributed by atoms with Gasteiger partial charge < -0.3 is 15.0 Å². The Bertz CT molecular complexity index is 762. The summed E-state index contributed by atoms with van der Waals surface area (Å²) in [4.78, 5) is 15.4. The maximum Gasteiger partial charge on any atom is 0.249 e. The van der Waals surface area contributed by atoms with Crippen LogP contribution in [0.5, 0.6) is 0 Å². The van der Waals surface area contributed by atoms with Crippen molar-refractivity contribution in [2.45, 2.75) is 46.1 Å². The first kappa shape index (κ1) is 18.7. The van der Waals surface area contributed by atoms with Crippen LogP contribution in [-0.2, 0) is 9.53 Å². The number of amides is 1. The van der Waals surface area contributed by atoms with Crippen LogP contribution in [0.1, 0.15) is 45.6 Å². The van der Waals surface area contributed by atoms with Crippen LogP contribution in [0.3, 0.4) is 0 Å². The number of hydrogen-bond donors (Lipinski definition) is 2. The Morgan fingerprint density at radius 2 is 2.15 bits per heavy atom. The Morgan fingerprint density at radius 1 is 1.35 bits per heavy atom. The van der Waals surface area contributed by atoms with E-state index in [0.29, 0.717) is 17.8 Å². The van der Waals surface area contributed by atoms with Crippen molar-refractivity contribution >= 4 is 22.9 Å². The maximum absolute atomic E-state index is 12.1. The fraction of sp³-hybridized carbons (Fsp3) is 0.500. The molecule has 2 aromatic rings. The average molecular weight is 354 g/mol. The number of aromatic nitrogens is 1. The summed E-state index contributed by atoms with van der Waals surface area (Å²) in [5, 5.41) is 3.97. The van der Waals surface area contributed by atoms with Crippen molar-refractivity contribution < 1.29 is 9.53 Å². The lowest BCUT2D eigenvalue weighted by Gasteiger charge is -2.37. The minimum atomic E-state index is -0.0955. The van der Waals surface area contributed by atoms with Crippen molar-refractivity contribution in [3.63, 3.8) is 0 Å². The molecule has 3 unspecified atom stereocenters. The predicted octanol–water partition coefficient (Wildman–Crippen LogP) is 4.73. The molecule has 3 atom stereocenters. The highest BCUT2D eigenvalue weighted by Gasteiger charge is 2.31. The fourth-order valence-electron chi connectivity index (χ4n) is 3.99. The summed E-state index contributed by atoms with van der Waals surface area (Å²) in [5.41, 5.74) is 2.15. The van der Waals surface area contributed by atoms with Crippen molar-refractivity contribution in [3.8, 4) is 0 Å². The minimum Gasteiger partial charge on any atom is -0.368 e. The molecule has 1 aromatic heterocycles. The van der Waals surface area contributed by atoms with E-state index in [9.17, 15) is 4.79 Å². The molecule has 140 valence electrons. The molecule has 0 saturated heterocycles. The van der Waals surface area contributed by atoms with Gasteiger partial charge >= 0.3 is 0 Å². The molecule has 4 nitrogen and oxygen atoms in total. The Morgan fingerprint density at radius 3 is 2.96 bits per heavy atom. The highest BCUT2D eigenvalue weighted by atomic mass is 16.5. The monoisotopic (exact) mass is 354 g/mol. The molecular weight excluding hydrogens is 324 g/mol. The van der Waals surface area contributed by atoms with E-state index < -0.39 is 0 Å². The summed E-state index contributed by atoms with van der Waals surface area (Å²) >= 11 is 0. The van der Waals surface area contributed by atoms with Gasteiger partial charge in [-0.3, -0.25) is 4.79 Å². The first-order chi connectivity index (χ1) is 12.5. The summed E-state index contributed by atoms with van der Waals surface area (Å²) in [6.07, 6.45) is 9.28. The minimum absolute atomic E-state index is 0.0955. The molecular formula is C22H30N2O2. The number of H-pyrrole nitrogens is 1. The zero-order valence-corrected chi connectivity index (χ0v) is 16.0. The second-order valence-electron chi connectivity index (χ2n) is 7.87. The molecule has 1 aromatic carbocycles. The largest absolute Gasteiger partial charge is 0.368 e. The Balaban J connectivity index is 1.50. The molecule has 1 fully saturated rings. The zero-order valence-electron chi connectivity index (χ0n) is 16.0. The van der Waals surface area contributed by atoms with Crippen LogP contribution < -0.4 is 5.32 Å². The van der Waals surface area contributed by atoms with Crippen molar-refractivity contribution in [1.82, 2.24) is 10.3 Å². The number of carbonyl (C=O) groups excluding carboxylic acids is 1. The molecule has 1 aliphatic carbocycles. The lowest BCUT2D eigenvalue weighted by molar-refractivity contribution is -0.130. The third kappa shape index (κ3) is 4.55. The number of carbonyl (C=O) groups is 1. The second-order valence-corrected chi connectivity index (χ2v) is 7.87. The van der Waals surface area contributed by atoms with Gasteiger partial charge in [-0.25, -0.2) is 0 Å². The maximum atomic E-state index is 12.1. The Kier molecular flexibility index (Phi) is 6.15. The molecule has 0 spiro atoms. The Labute approximate surface area is 156 Å². The number of benzene rings is 1. The molecule has 1 amide bonds. The number of para-hydroxylation sites is 1. The van der Waals surface area contributed by atoms with E-state index in [4.69, 9.17) is 4.74 Å². The number of fused-ring (bicyclic) bond motifs is 1. The van der Waals surface area contributed by atoms with E-state index in [1.165, 1.54) is 12.8 Å². The predicted molar refractivity (Wildman–Crippen MR) is 107 cm³/mol. The van der Waals surface area contributed by atoms with Gasteiger partial charge in [0.05, 0.1) is 6.10 Å². The van der Waals surface area contributed by atoms with Crippen LogP contribution in [0, 0.1) is 17.8 Å². The van der Waals surface area contributed by atoms with Gasteiger partial charge in [0.15, 0.2) is 0 Å². The fourth-order valence-corrected chi connectivity index (χ4v) is 3.99. The van der Waals surface area contributed by atoms with Crippen LogP contribution in [-0.4, -0.2) is 23.6 Å². The summed E-state index contributed by atoms with van der Waals surface area (Å²) < 4.78 is 5.99. The number of hydrogen-bond acceptors (Lipinski definition) is 2. The molecule has 3 rings (SSSR count). The lowest BCUT2D eigenvalue weighted by Crippen LogP contribution is -2.36. The first-order valence-corrected chi connectivity index (χ1v) is 9.68. The van der Waals surface area contributed by atoms with E-state index in [1.54, 1.807) is 6.20 Å². The summed E-state index contributed by atoms with van der Waals surface area (Å²) in [7, 11) is 0. The summed E-state index contributed by atoms with van der Waals surface area (Å²) in [5.74, 6) is 1.74. The number of nitrogens with one attached hydrogen (secondary N) is 2. The zero-order chi connectivity index (χ0) is 18.5. The van der Waals surface area contributed by atoms with Crippen molar-refractivity contribution in [3.05, 3.63) is 42.2 Å². The van der Waals surface area contributed by atoms with E-state index in [-0.39, 0.29) is 18.6 Å². The van der Waals surface area contributed by atoms with Crippen LogP contribution >= 0.6 is 0 Å². The normalized spacial score (nSPS) is 23.8. The van der Waals surface area contributed by atoms with E-state index in [2.05, 4.69) is 37.1 Å².